The van der Waals surface area contributed by atoms with Crippen LogP contribution in [0.4, 0.5) is 0 Å². The van der Waals surface area contributed by atoms with Crippen LogP contribution in [0, 0.1) is 5.92 Å². The van der Waals surface area contributed by atoms with E-state index in [-0.39, 0.29) is 5.97 Å². The minimum Gasteiger partial charge on any atom is -0.415 e. The molecule has 2 nitrogen and oxygen atoms in total. The molecule has 1 aromatic heterocycles. The predicted octanol–water partition coefficient (Wildman–Crippen LogP) is 3.09. The lowest BCUT2D eigenvalue weighted by atomic mass is 10.1. The maximum absolute atomic E-state index is 11.3. The number of ether oxygens (including phenoxy) is 1. The van der Waals surface area contributed by atoms with Gasteiger partial charge in [0.2, 0.25) is 0 Å². The molecule has 1 unspecified atom stereocenters. The van der Waals surface area contributed by atoms with E-state index in [1.165, 1.54) is 11.3 Å². The molecular formula is C10H14O2S. The zero-order valence-corrected chi connectivity index (χ0v) is 8.76. The highest BCUT2D eigenvalue weighted by atomic mass is 32.1. The Kier molecular flexibility index (Phi) is 3.96. The van der Waals surface area contributed by atoms with E-state index in [4.69, 9.17) is 4.74 Å². The average molecular weight is 198 g/mol. The van der Waals surface area contributed by atoms with Gasteiger partial charge in [-0.15, -0.1) is 11.3 Å². The second kappa shape index (κ2) is 5.02. The predicted molar refractivity (Wildman–Crippen MR) is 54.0 cm³/mol. The second-order valence-electron chi connectivity index (χ2n) is 3.12. The molecule has 0 spiro atoms. The Balaban J connectivity index is 2.34. The van der Waals surface area contributed by atoms with Crippen molar-refractivity contribution in [2.24, 2.45) is 5.92 Å². The van der Waals surface area contributed by atoms with Crippen molar-refractivity contribution in [3.8, 4) is 5.06 Å². The molecule has 0 radical (unpaired) electrons. The van der Waals surface area contributed by atoms with Gasteiger partial charge >= 0.3 is 5.97 Å². The summed E-state index contributed by atoms with van der Waals surface area (Å²) in [5.41, 5.74) is 0. The third kappa shape index (κ3) is 3.59. The van der Waals surface area contributed by atoms with Crippen molar-refractivity contribution in [2.75, 3.05) is 0 Å². The standard InChI is InChI=1S/C10H14O2S/c1-3-8(2)7-9(11)12-10-5-4-6-13-10/h4-6,8H,3,7H2,1-2H3. The topological polar surface area (TPSA) is 26.3 Å². The quantitative estimate of drug-likeness (QED) is 0.695. The van der Waals surface area contributed by atoms with Gasteiger partial charge in [-0.25, -0.2) is 0 Å². The maximum atomic E-state index is 11.3. The molecule has 0 bridgehead atoms. The molecule has 0 aliphatic carbocycles. The Morgan fingerprint density at radius 3 is 3.00 bits per heavy atom. The van der Waals surface area contributed by atoms with Gasteiger partial charge in [0.1, 0.15) is 0 Å². The van der Waals surface area contributed by atoms with Crippen molar-refractivity contribution in [3.63, 3.8) is 0 Å². The first-order valence-electron chi connectivity index (χ1n) is 4.46. The van der Waals surface area contributed by atoms with Gasteiger partial charge in [0.25, 0.3) is 0 Å². The molecule has 3 heteroatoms. The van der Waals surface area contributed by atoms with Crippen LogP contribution in [0.1, 0.15) is 26.7 Å². The number of hydrogen-bond acceptors (Lipinski definition) is 3. The number of carbonyl (C=O) groups excluding carboxylic acids is 1. The number of rotatable bonds is 4. The lowest BCUT2D eigenvalue weighted by Crippen LogP contribution is -2.11. The zero-order chi connectivity index (χ0) is 9.68. The van der Waals surface area contributed by atoms with Gasteiger partial charge in [0, 0.05) is 6.42 Å². The summed E-state index contributed by atoms with van der Waals surface area (Å²) >= 11 is 1.44. The smallest absolute Gasteiger partial charge is 0.312 e. The molecule has 1 aromatic rings. The average Bonchev–Trinajstić information content (AvgIpc) is 2.56. The molecular weight excluding hydrogens is 184 g/mol. The molecule has 72 valence electrons. The third-order valence-corrected chi connectivity index (χ3v) is 2.67. The van der Waals surface area contributed by atoms with E-state index < -0.39 is 0 Å². The third-order valence-electron chi connectivity index (χ3n) is 1.92. The summed E-state index contributed by atoms with van der Waals surface area (Å²) in [6.07, 6.45) is 1.52. The summed E-state index contributed by atoms with van der Waals surface area (Å²) in [6, 6.07) is 3.68. The number of thiophene rings is 1. The van der Waals surface area contributed by atoms with Crippen molar-refractivity contribution in [2.45, 2.75) is 26.7 Å². The summed E-state index contributed by atoms with van der Waals surface area (Å²) < 4.78 is 5.11. The summed E-state index contributed by atoms with van der Waals surface area (Å²) in [7, 11) is 0. The highest BCUT2D eigenvalue weighted by molar-refractivity contribution is 7.11. The van der Waals surface area contributed by atoms with Crippen LogP contribution in [0.3, 0.4) is 0 Å². The molecule has 0 aliphatic rings. The maximum Gasteiger partial charge on any atom is 0.312 e. The van der Waals surface area contributed by atoms with Gasteiger partial charge in [-0.1, -0.05) is 20.3 Å². The van der Waals surface area contributed by atoms with E-state index in [9.17, 15) is 4.79 Å². The highest BCUT2D eigenvalue weighted by Gasteiger charge is 2.09. The van der Waals surface area contributed by atoms with Gasteiger partial charge in [-0.3, -0.25) is 4.79 Å². The Morgan fingerprint density at radius 2 is 2.46 bits per heavy atom. The number of carbonyl (C=O) groups is 1. The first-order chi connectivity index (χ1) is 6.22. The largest absolute Gasteiger partial charge is 0.415 e. The zero-order valence-electron chi connectivity index (χ0n) is 7.95. The SMILES string of the molecule is CCC(C)CC(=O)Oc1cccs1. The normalized spacial score (nSPS) is 12.5. The second-order valence-corrected chi connectivity index (χ2v) is 4.03. The van der Waals surface area contributed by atoms with E-state index in [0.717, 1.165) is 6.42 Å². The summed E-state index contributed by atoms with van der Waals surface area (Å²) in [6.45, 7) is 4.12. The molecule has 0 aliphatic heterocycles. The van der Waals surface area contributed by atoms with Gasteiger partial charge < -0.3 is 4.74 Å². The summed E-state index contributed by atoms with van der Waals surface area (Å²) in [5, 5.41) is 2.58. The monoisotopic (exact) mass is 198 g/mol. The van der Waals surface area contributed by atoms with Crippen molar-refractivity contribution in [3.05, 3.63) is 17.5 Å². The molecule has 0 N–H and O–H groups in total. The first kappa shape index (κ1) is 10.3. The highest BCUT2D eigenvalue weighted by Crippen LogP contribution is 2.19. The molecule has 0 aromatic carbocycles. The fourth-order valence-electron chi connectivity index (χ4n) is 0.904. The van der Waals surface area contributed by atoms with E-state index in [2.05, 4.69) is 13.8 Å². The fourth-order valence-corrected chi connectivity index (χ4v) is 1.49. The van der Waals surface area contributed by atoms with Crippen LogP contribution < -0.4 is 4.74 Å². The van der Waals surface area contributed by atoms with Crippen molar-refractivity contribution < 1.29 is 9.53 Å². The van der Waals surface area contributed by atoms with E-state index in [1.54, 1.807) is 6.07 Å². The van der Waals surface area contributed by atoms with Gasteiger partial charge in [0.15, 0.2) is 5.06 Å². The van der Waals surface area contributed by atoms with Gasteiger partial charge in [0.05, 0.1) is 0 Å². The molecule has 0 saturated heterocycles. The summed E-state index contributed by atoms with van der Waals surface area (Å²) in [5.74, 6) is 0.282. The summed E-state index contributed by atoms with van der Waals surface area (Å²) in [4.78, 5) is 11.3. The lowest BCUT2D eigenvalue weighted by molar-refractivity contribution is -0.135. The number of esters is 1. The molecule has 13 heavy (non-hydrogen) atoms. The van der Waals surface area contributed by atoms with E-state index in [0.29, 0.717) is 17.4 Å². The van der Waals surface area contributed by atoms with E-state index >= 15 is 0 Å². The molecule has 1 atom stereocenters. The Morgan fingerprint density at radius 1 is 1.69 bits per heavy atom. The van der Waals surface area contributed by atoms with Gasteiger partial charge in [-0.2, -0.15) is 0 Å². The van der Waals surface area contributed by atoms with Crippen LogP contribution in [0.15, 0.2) is 17.5 Å². The van der Waals surface area contributed by atoms with Crippen molar-refractivity contribution in [1.29, 1.82) is 0 Å². The Bertz CT molecular complexity index is 254. The number of hydrogen-bond donors (Lipinski definition) is 0. The van der Waals surface area contributed by atoms with Crippen LogP contribution in [-0.2, 0) is 4.79 Å². The minimum atomic E-state index is -0.128. The Labute approximate surface area is 82.5 Å². The van der Waals surface area contributed by atoms with Crippen LogP contribution in [-0.4, -0.2) is 5.97 Å². The van der Waals surface area contributed by atoms with Crippen LogP contribution >= 0.6 is 11.3 Å². The molecule has 0 fully saturated rings. The van der Waals surface area contributed by atoms with Crippen LogP contribution in [0.5, 0.6) is 5.06 Å². The lowest BCUT2D eigenvalue weighted by Gasteiger charge is -2.06. The Hall–Kier alpha value is -0.830. The van der Waals surface area contributed by atoms with Crippen LogP contribution in [0.25, 0.3) is 0 Å². The van der Waals surface area contributed by atoms with Crippen LogP contribution in [0.2, 0.25) is 0 Å². The molecule has 0 saturated carbocycles. The van der Waals surface area contributed by atoms with Crippen molar-refractivity contribution >= 4 is 17.3 Å². The molecule has 0 amide bonds. The van der Waals surface area contributed by atoms with Gasteiger partial charge in [-0.05, 0) is 23.4 Å². The first-order valence-corrected chi connectivity index (χ1v) is 5.34. The fraction of sp³-hybridized carbons (Fsp3) is 0.500. The minimum absolute atomic E-state index is 0.128. The molecule has 1 rings (SSSR count). The van der Waals surface area contributed by atoms with Crippen molar-refractivity contribution in [1.82, 2.24) is 0 Å². The molecule has 1 heterocycles. The van der Waals surface area contributed by atoms with E-state index in [1.807, 2.05) is 11.4 Å².